The second-order valence-corrected chi connectivity index (χ2v) is 4.29. The van der Waals surface area contributed by atoms with Crippen LogP contribution < -0.4 is 9.79 Å². The molecule has 4 nitrogen and oxygen atoms in total. The molecular weight excluding hydrogens is 240 g/mol. The van der Waals surface area contributed by atoms with E-state index in [0.717, 1.165) is 16.8 Å². The average molecular weight is 252 g/mol. The number of para-hydroxylation sites is 1. The molecular formula is C15H12N2O2. The lowest BCUT2D eigenvalue weighted by atomic mass is 10.1. The van der Waals surface area contributed by atoms with Crippen molar-refractivity contribution in [3.05, 3.63) is 60.2 Å². The summed E-state index contributed by atoms with van der Waals surface area (Å²) in [6.07, 6.45) is -0.598. The van der Waals surface area contributed by atoms with Crippen LogP contribution in [0.3, 0.4) is 0 Å². The van der Waals surface area contributed by atoms with Crippen LogP contribution in [0.4, 0.5) is 0 Å². The predicted molar refractivity (Wildman–Crippen MR) is 67.7 cm³/mol. The van der Waals surface area contributed by atoms with E-state index in [-0.39, 0.29) is 0 Å². The minimum Gasteiger partial charge on any atom is -0.524 e. The molecule has 0 aliphatic carbocycles. The van der Waals surface area contributed by atoms with Crippen LogP contribution in [-0.2, 0) is 0 Å². The second kappa shape index (κ2) is 4.57. The van der Waals surface area contributed by atoms with E-state index in [9.17, 15) is 5.11 Å². The van der Waals surface area contributed by atoms with Crippen molar-refractivity contribution in [3.8, 4) is 23.2 Å². The number of aromatic nitrogens is 2. The summed E-state index contributed by atoms with van der Waals surface area (Å²) in [7, 11) is 0. The number of hydrogen-bond donors (Lipinski definition) is 0. The summed E-state index contributed by atoms with van der Waals surface area (Å²) in [5.74, 6) is 0.441. The predicted octanol–water partition coefficient (Wildman–Crippen LogP) is 2.00. The van der Waals surface area contributed by atoms with Crippen LogP contribution in [0.25, 0.3) is 17.1 Å². The lowest BCUT2D eigenvalue weighted by Gasteiger charge is -1.98. The Balaban J connectivity index is 2.15. The number of rotatable bonds is 2. The van der Waals surface area contributed by atoms with Gasteiger partial charge in [-0.25, -0.2) is 0 Å². The molecule has 1 aromatic heterocycles. The number of nitrogens with zero attached hydrogens (tertiary/aromatic N) is 2. The highest BCUT2D eigenvalue weighted by atomic mass is 16.5. The third-order valence-corrected chi connectivity index (χ3v) is 2.86. The van der Waals surface area contributed by atoms with Gasteiger partial charge in [-0.05, 0) is 23.7 Å². The maximum Gasteiger partial charge on any atom is 0.303 e. The molecule has 0 aliphatic rings. The Bertz CT molecular complexity index is 688. The molecule has 0 unspecified atom stereocenters. The fraction of sp³-hybridized carbons (Fsp3) is 0.0667. The fourth-order valence-electron chi connectivity index (χ4n) is 1.89. The first-order chi connectivity index (χ1) is 9.24. The molecule has 0 fully saturated rings. The fourth-order valence-corrected chi connectivity index (χ4v) is 1.89. The SMILES string of the molecule is Cc1ccc(-c2oc([O-])n[n+]2-c2ccccc2)cc1. The van der Waals surface area contributed by atoms with E-state index in [1.165, 1.54) is 4.68 Å². The molecule has 3 aromatic rings. The van der Waals surface area contributed by atoms with Gasteiger partial charge in [-0.3, -0.25) is 0 Å². The van der Waals surface area contributed by atoms with Gasteiger partial charge in [-0.15, -0.1) is 0 Å². The molecule has 0 saturated carbocycles. The van der Waals surface area contributed by atoms with Crippen molar-refractivity contribution in [2.45, 2.75) is 6.92 Å². The molecule has 2 aromatic carbocycles. The van der Waals surface area contributed by atoms with Gasteiger partial charge in [0.25, 0.3) is 0 Å². The molecule has 19 heavy (non-hydrogen) atoms. The summed E-state index contributed by atoms with van der Waals surface area (Å²) >= 11 is 0. The molecule has 0 radical (unpaired) electrons. The largest absolute Gasteiger partial charge is 0.524 e. The number of aryl methyl sites for hydroxylation is 1. The van der Waals surface area contributed by atoms with Gasteiger partial charge < -0.3 is 9.52 Å². The van der Waals surface area contributed by atoms with E-state index in [2.05, 4.69) is 5.10 Å². The van der Waals surface area contributed by atoms with Crippen molar-refractivity contribution in [1.29, 1.82) is 0 Å². The average Bonchev–Trinajstić information content (AvgIpc) is 2.83. The zero-order valence-electron chi connectivity index (χ0n) is 10.4. The zero-order chi connectivity index (χ0) is 13.2. The molecule has 0 saturated heterocycles. The van der Waals surface area contributed by atoms with Crippen LogP contribution in [-0.4, -0.2) is 5.10 Å². The van der Waals surface area contributed by atoms with Gasteiger partial charge in [0, 0.05) is 17.2 Å². The summed E-state index contributed by atoms with van der Waals surface area (Å²) in [6.45, 7) is 2.01. The molecule has 0 aliphatic heterocycles. The van der Waals surface area contributed by atoms with E-state index < -0.39 is 6.08 Å². The number of hydrogen-bond acceptors (Lipinski definition) is 3. The molecule has 94 valence electrons. The van der Waals surface area contributed by atoms with Gasteiger partial charge in [0.1, 0.15) is 0 Å². The Morgan fingerprint density at radius 3 is 2.37 bits per heavy atom. The van der Waals surface area contributed by atoms with Crippen molar-refractivity contribution in [3.63, 3.8) is 0 Å². The van der Waals surface area contributed by atoms with Crippen molar-refractivity contribution < 1.29 is 14.2 Å². The molecule has 3 rings (SSSR count). The van der Waals surface area contributed by atoms with E-state index in [1.807, 2.05) is 61.5 Å². The van der Waals surface area contributed by atoms with E-state index >= 15 is 0 Å². The first-order valence-electron chi connectivity index (χ1n) is 5.97. The van der Waals surface area contributed by atoms with Crippen molar-refractivity contribution >= 4 is 0 Å². The Morgan fingerprint density at radius 1 is 1.00 bits per heavy atom. The second-order valence-electron chi connectivity index (χ2n) is 4.29. The van der Waals surface area contributed by atoms with Crippen LogP contribution in [0.1, 0.15) is 5.56 Å². The van der Waals surface area contributed by atoms with Gasteiger partial charge in [-0.1, -0.05) is 35.9 Å². The summed E-state index contributed by atoms with van der Waals surface area (Å²) < 4.78 is 6.71. The van der Waals surface area contributed by atoms with Crippen LogP contribution in [0.5, 0.6) is 6.08 Å². The molecule has 0 spiro atoms. The van der Waals surface area contributed by atoms with Gasteiger partial charge in [0.2, 0.25) is 11.8 Å². The monoisotopic (exact) mass is 252 g/mol. The molecule has 4 heteroatoms. The lowest BCUT2D eigenvalue weighted by Crippen LogP contribution is -2.34. The normalized spacial score (nSPS) is 10.6. The topological polar surface area (TPSA) is 53.0 Å². The van der Waals surface area contributed by atoms with Gasteiger partial charge >= 0.3 is 5.89 Å². The maximum atomic E-state index is 11.4. The van der Waals surface area contributed by atoms with Crippen LogP contribution in [0.15, 0.2) is 59.0 Å². The molecule has 0 atom stereocenters. The quantitative estimate of drug-likeness (QED) is 0.655. The van der Waals surface area contributed by atoms with Crippen molar-refractivity contribution in [2.75, 3.05) is 0 Å². The highest BCUT2D eigenvalue weighted by Gasteiger charge is 2.19. The Kier molecular flexibility index (Phi) is 2.76. The minimum atomic E-state index is -0.598. The molecule has 0 amide bonds. The summed E-state index contributed by atoms with van der Waals surface area (Å²) in [5.41, 5.74) is 2.77. The first kappa shape index (κ1) is 11.5. The van der Waals surface area contributed by atoms with E-state index in [4.69, 9.17) is 4.42 Å². The van der Waals surface area contributed by atoms with E-state index in [1.54, 1.807) is 0 Å². The summed E-state index contributed by atoms with van der Waals surface area (Å²) in [4.78, 5) is 0. The van der Waals surface area contributed by atoms with Crippen LogP contribution >= 0.6 is 0 Å². The van der Waals surface area contributed by atoms with E-state index in [0.29, 0.717) is 5.89 Å². The van der Waals surface area contributed by atoms with Crippen molar-refractivity contribution in [1.82, 2.24) is 5.10 Å². The summed E-state index contributed by atoms with van der Waals surface area (Å²) in [6, 6.07) is 17.2. The highest BCUT2D eigenvalue weighted by molar-refractivity contribution is 5.51. The third-order valence-electron chi connectivity index (χ3n) is 2.86. The highest BCUT2D eigenvalue weighted by Crippen LogP contribution is 2.19. The van der Waals surface area contributed by atoms with Crippen LogP contribution in [0.2, 0.25) is 0 Å². The Labute approximate surface area is 110 Å². The zero-order valence-corrected chi connectivity index (χ0v) is 10.4. The minimum absolute atomic E-state index is 0.441. The maximum absolute atomic E-state index is 11.4. The Hall–Kier alpha value is -2.62. The lowest BCUT2D eigenvalue weighted by molar-refractivity contribution is -0.651. The van der Waals surface area contributed by atoms with Gasteiger partial charge in [-0.2, -0.15) is 0 Å². The molecule has 0 N–H and O–H groups in total. The first-order valence-corrected chi connectivity index (χ1v) is 5.97. The third kappa shape index (κ3) is 2.20. The van der Waals surface area contributed by atoms with Gasteiger partial charge in [0.05, 0.1) is 5.56 Å². The number of benzene rings is 2. The molecule has 1 heterocycles. The standard InChI is InChI=1S/C15H12N2O2/c1-11-7-9-12(10-8-11)14-17(16-15(18)19-14)13-5-3-2-4-6-13/h2-10H,1H3. The molecule has 0 bridgehead atoms. The van der Waals surface area contributed by atoms with Crippen molar-refractivity contribution in [2.24, 2.45) is 0 Å². The van der Waals surface area contributed by atoms with Gasteiger partial charge in [0.15, 0.2) is 0 Å². The summed E-state index contributed by atoms with van der Waals surface area (Å²) in [5, 5.41) is 15.3. The Morgan fingerprint density at radius 2 is 1.68 bits per heavy atom. The van der Waals surface area contributed by atoms with Crippen LogP contribution in [0, 0.1) is 6.92 Å². The smallest absolute Gasteiger partial charge is 0.303 e.